The molecule has 196 valence electrons. The van der Waals surface area contributed by atoms with Crippen LogP contribution in [0.5, 0.6) is 5.75 Å². The van der Waals surface area contributed by atoms with E-state index in [0.717, 1.165) is 22.2 Å². The lowest BCUT2D eigenvalue weighted by atomic mass is 9.96. The Labute approximate surface area is 222 Å². The number of carbonyl (C=O) groups is 1. The highest BCUT2D eigenvalue weighted by Gasteiger charge is 2.33. The fourth-order valence-electron chi connectivity index (χ4n) is 4.78. The molecule has 5 rings (SSSR count). The van der Waals surface area contributed by atoms with Crippen molar-refractivity contribution in [2.24, 2.45) is 19.1 Å². The number of aromatic nitrogens is 3. The molecule has 0 radical (unpaired) electrons. The molecule has 1 aliphatic heterocycles. The summed E-state index contributed by atoms with van der Waals surface area (Å²) in [5.74, 6) is 0.199. The predicted molar refractivity (Wildman–Crippen MR) is 146 cm³/mol. The summed E-state index contributed by atoms with van der Waals surface area (Å²) in [6.07, 6.45) is 1.79. The largest absolute Gasteiger partial charge is 0.494 e. The highest BCUT2D eigenvalue weighted by molar-refractivity contribution is 7.07. The molecule has 2 aromatic heterocycles. The Bertz CT molecular complexity index is 1840. The van der Waals surface area contributed by atoms with Crippen LogP contribution in [-0.4, -0.2) is 32.9 Å². The van der Waals surface area contributed by atoms with Gasteiger partial charge in [-0.1, -0.05) is 29.5 Å². The molecule has 3 heterocycles. The van der Waals surface area contributed by atoms with E-state index in [9.17, 15) is 14.4 Å². The molecule has 0 saturated carbocycles. The van der Waals surface area contributed by atoms with Crippen LogP contribution in [0.4, 0.5) is 0 Å². The normalized spacial score (nSPS) is 15.5. The summed E-state index contributed by atoms with van der Waals surface area (Å²) in [5.41, 5.74) is 3.57. The van der Waals surface area contributed by atoms with Crippen molar-refractivity contribution in [2.45, 2.75) is 26.8 Å². The van der Waals surface area contributed by atoms with Crippen LogP contribution >= 0.6 is 11.3 Å². The minimum absolute atomic E-state index is 0.117. The van der Waals surface area contributed by atoms with Crippen LogP contribution in [0.15, 0.2) is 68.3 Å². The summed E-state index contributed by atoms with van der Waals surface area (Å²) in [7, 11) is 3.45. The number of allylic oxidation sites excluding steroid dienone is 1. The monoisotopic (exact) mass is 532 g/mol. The van der Waals surface area contributed by atoms with E-state index in [2.05, 4.69) is 4.99 Å². The summed E-state index contributed by atoms with van der Waals surface area (Å²) in [5, 5.41) is 0. The van der Waals surface area contributed by atoms with Gasteiger partial charge in [0.2, 0.25) is 0 Å². The molecule has 0 aliphatic carbocycles. The zero-order chi connectivity index (χ0) is 27.1. The Morgan fingerprint density at radius 3 is 2.42 bits per heavy atom. The molecule has 38 heavy (non-hydrogen) atoms. The van der Waals surface area contributed by atoms with E-state index < -0.39 is 12.0 Å². The van der Waals surface area contributed by atoms with E-state index in [1.807, 2.05) is 49.4 Å². The Morgan fingerprint density at radius 2 is 1.74 bits per heavy atom. The average Bonchev–Trinajstić information content (AvgIpc) is 3.31. The Hall–Kier alpha value is -4.18. The van der Waals surface area contributed by atoms with Gasteiger partial charge in [0.1, 0.15) is 5.75 Å². The number of hydrogen-bond donors (Lipinski definition) is 0. The van der Waals surface area contributed by atoms with Gasteiger partial charge in [-0.2, -0.15) is 0 Å². The molecule has 0 unspecified atom stereocenters. The summed E-state index contributed by atoms with van der Waals surface area (Å²) in [6.45, 7) is 6.15. The third-order valence-corrected chi connectivity index (χ3v) is 7.60. The number of fused-ring (bicyclic) bond motifs is 2. The minimum atomic E-state index is -0.694. The van der Waals surface area contributed by atoms with E-state index in [0.29, 0.717) is 33.0 Å². The van der Waals surface area contributed by atoms with Crippen molar-refractivity contribution in [3.05, 3.63) is 95.0 Å². The van der Waals surface area contributed by atoms with Gasteiger partial charge >= 0.3 is 11.7 Å². The van der Waals surface area contributed by atoms with Gasteiger partial charge in [-0.05, 0) is 62.2 Å². The fourth-order valence-corrected chi connectivity index (χ4v) is 5.83. The molecule has 4 aromatic rings. The third-order valence-electron chi connectivity index (χ3n) is 6.62. The zero-order valence-electron chi connectivity index (χ0n) is 21.8. The van der Waals surface area contributed by atoms with Gasteiger partial charge in [-0.3, -0.25) is 18.5 Å². The second kappa shape index (κ2) is 9.94. The molecule has 0 saturated heterocycles. The van der Waals surface area contributed by atoms with E-state index in [-0.39, 0.29) is 17.9 Å². The molecule has 0 N–H and O–H groups in total. The zero-order valence-corrected chi connectivity index (χ0v) is 22.7. The van der Waals surface area contributed by atoms with Crippen molar-refractivity contribution >= 4 is 34.4 Å². The minimum Gasteiger partial charge on any atom is -0.494 e. The molecule has 0 fully saturated rings. The maximum absolute atomic E-state index is 13.8. The van der Waals surface area contributed by atoms with Crippen LogP contribution in [0.3, 0.4) is 0 Å². The van der Waals surface area contributed by atoms with Crippen LogP contribution in [0, 0.1) is 0 Å². The number of aryl methyl sites for hydroxylation is 2. The van der Waals surface area contributed by atoms with Crippen molar-refractivity contribution in [1.29, 1.82) is 0 Å². The summed E-state index contributed by atoms with van der Waals surface area (Å²) < 4.78 is 16.1. The molecular weight excluding hydrogens is 504 g/mol. The van der Waals surface area contributed by atoms with Crippen molar-refractivity contribution < 1.29 is 14.3 Å². The lowest BCUT2D eigenvalue weighted by Crippen LogP contribution is -2.39. The van der Waals surface area contributed by atoms with E-state index in [1.54, 1.807) is 47.7 Å². The number of rotatable bonds is 6. The number of imidazole rings is 1. The first-order valence-electron chi connectivity index (χ1n) is 12.3. The van der Waals surface area contributed by atoms with Gasteiger partial charge < -0.3 is 9.47 Å². The maximum Gasteiger partial charge on any atom is 0.338 e. The van der Waals surface area contributed by atoms with Gasteiger partial charge in [0, 0.05) is 14.1 Å². The third kappa shape index (κ3) is 4.20. The molecule has 1 aliphatic rings. The summed E-state index contributed by atoms with van der Waals surface area (Å²) in [4.78, 5) is 44.3. The molecule has 0 bridgehead atoms. The van der Waals surface area contributed by atoms with Crippen molar-refractivity contribution in [3.63, 3.8) is 0 Å². The first-order chi connectivity index (χ1) is 18.2. The number of hydrogen-bond acceptors (Lipinski definition) is 7. The molecule has 0 amide bonds. The maximum atomic E-state index is 13.8. The Morgan fingerprint density at radius 1 is 1.03 bits per heavy atom. The van der Waals surface area contributed by atoms with E-state index in [4.69, 9.17) is 9.47 Å². The fraction of sp³-hybridized carbons (Fsp3) is 0.286. The van der Waals surface area contributed by atoms with Crippen LogP contribution in [-0.2, 0) is 23.6 Å². The van der Waals surface area contributed by atoms with Gasteiger partial charge in [0.05, 0.1) is 46.1 Å². The van der Waals surface area contributed by atoms with Crippen LogP contribution in [0.25, 0.3) is 17.1 Å². The SMILES string of the molecule is CCOC(=O)C1=C(C)N=c2s/c(=C\c3ccc4c(c3)n(C)c(=O)n4C)c(=O)n2[C@@H]1c1ccc(OCC)cc1. The standard InChI is InChI=1S/C28H28N4O5S/c1-6-36-19-11-9-18(10-12-19)24-23(26(34)37-7-2)16(3)29-27-32(24)25(33)22(38-27)15-17-8-13-20-21(14-17)31(5)28(35)30(20)4/h8-15,24H,6-7H2,1-5H3/b22-15-/t24-/m1/s1. The van der Waals surface area contributed by atoms with Gasteiger partial charge in [0.15, 0.2) is 4.80 Å². The average molecular weight is 533 g/mol. The van der Waals surface area contributed by atoms with Gasteiger partial charge in [0.25, 0.3) is 5.56 Å². The summed E-state index contributed by atoms with van der Waals surface area (Å²) >= 11 is 1.26. The second-order valence-corrected chi connectivity index (χ2v) is 9.96. The number of ether oxygens (including phenoxy) is 2. The van der Waals surface area contributed by atoms with E-state index in [1.165, 1.54) is 11.3 Å². The van der Waals surface area contributed by atoms with Crippen LogP contribution in [0.2, 0.25) is 0 Å². The van der Waals surface area contributed by atoms with Crippen LogP contribution < -0.4 is 25.3 Å². The number of thiazole rings is 1. The molecule has 9 nitrogen and oxygen atoms in total. The first-order valence-corrected chi connectivity index (χ1v) is 13.1. The highest BCUT2D eigenvalue weighted by atomic mass is 32.1. The van der Waals surface area contributed by atoms with Gasteiger partial charge in [-0.15, -0.1) is 0 Å². The lowest BCUT2D eigenvalue weighted by Gasteiger charge is -2.24. The summed E-state index contributed by atoms with van der Waals surface area (Å²) in [6, 6.07) is 12.3. The predicted octanol–water partition coefficient (Wildman–Crippen LogP) is 2.39. The lowest BCUT2D eigenvalue weighted by molar-refractivity contribution is -0.139. The first kappa shape index (κ1) is 25.5. The van der Waals surface area contributed by atoms with Crippen molar-refractivity contribution in [2.75, 3.05) is 13.2 Å². The molecule has 1 atom stereocenters. The number of carbonyl (C=O) groups excluding carboxylic acids is 1. The van der Waals surface area contributed by atoms with Crippen molar-refractivity contribution in [1.82, 2.24) is 13.7 Å². The molecule has 0 spiro atoms. The smallest absolute Gasteiger partial charge is 0.338 e. The number of esters is 1. The Kier molecular flexibility index (Phi) is 6.66. The highest BCUT2D eigenvalue weighted by Crippen LogP contribution is 2.31. The topological polar surface area (TPSA) is 96.8 Å². The number of benzene rings is 2. The molecule has 10 heteroatoms. The van der Waals surface area contributed by atoms with Crippen LogP contribution in [0.1, 0.15) is 37.9 Å². The van der Waals surface area contributed by atoms with Crippen molar-refractivity contribution in [3.8, 4) is 5.75 Å². The Balaban J connectivity index is 1.69. The van der Waals surface area contributed by atoms with Gasteiger partial charge in [-0.25, -0.2) is 14.6 Å². The second-order valence-electron chi connectivity index (χ2n) is 8.95. The number of nitrogens with zero attached hydrogens (tertiary/aromatic N) is 4. The molecular formula is C28H28N4O5S. The quantitative estimate of drug-likeness (QED) is 0.355. The molecule has 2 aromatic carbocycles. The van der Waals surface area contributed by atoms with E-state index >= 15 is 0 Å².